The zero-order chi connectivity index (χ0) is 13.1. The Morgan fingerprint density at radius 1 is 1.28 bits per heavy atom. The summed E-state index contributed by atoms with van der Waals surface area (Å²) in [5.74, 6) is 0.638. The Morgan fingerprint density at radius 2 is 2.00 bits per heavy atom. The second-order valence-corrected chi connectivity index (χ2v) is 4.09. The van der Waals surface area contributed by atoms with E-state index < -0.39 is 0 Å². The van der Waals surface area contributed by atoms with Gasteiger partial charge in [-0.25, -0.2) is 9.37 Å². The van der Waals surface area contributed by atoms with Crippen LogP contribution in [0.3, 0.4) is 0 Å². The molecule has 5 heteroatoms. The average molecular weight is 246 g/mol. The maximum absolute atomic E-state index is 13.7. The van der Waals surface area contributed by atoms with E-state index in [0.717, 1.165) is 0 Å². The van der Waals surface area contributed by atoms with Crippen LogP contribution >= 0.6 is 0 Å². The molecule has 0 aliphatic carbocycles. The third-order valence-corrected chi connectivity index (χ3v) is 2.92. The summed E-state index contributed by atoms with van der Waals surface area (Å²) in [6, 6.07) is 8.12. The van der Waals surface area contributed by atoms with E-state index in [1.165, 1.54) is 6.07 Å². The second kappa shape index (κ2) is 5.00. The van der Waals surface area contributed by atoms with Crippen LogP contribution < -0.4 is 10.6 Å². The van der Waals surface area contributed by atoms with Crippen molar-refractivity contribution in [2.45, 2.75) is 13.0 Å². The summed E-state index contributed by atoms with van der Waals surface area (Å²) in [4.78, 5) is 10.0. The quantitative estimate of drug-likeness (QED) is 0.903. The Labute approximate surface area is 105 Å². The molecule has 0 spiro atoms. The van der Waals surface area contributed by atoms with Gasteiger partial charge in [-0.1, -0.05) is 18.2 Å². The predicted molar refractivity (Wildman–Crippen MR) is 69.7 cm³/mol. The number of halogens is 1. The van der Waals surface area contributed by atoms with E-state index >= 15 is 0 Å². The molecular formula is C13H15FN4. The van der Waals surface area contributed by atoms with Gasteiger partial charge in [0.15, 0.2) is 0 Å². The van der Waals surface area contributed by atoms with Crippen LogP contribution in [0.5, 0.6) is 0 Å². The van der Waals surface area contributed by atoms with Crippen molar-refractivity contribution in [3.8, 4) is 0 Å². The molecule has 0 fully saturated rings. The summed E-state index contributed by atoms with van der Waals surface area (Å²) in [5.41, 5.74) is 6.22. The zero-order valence-electron chi connectivity index (χ0n) is 10.3. The molecule has 2 aromatic rings. The fourth-order valence-corrected chi connectivity index (χ4v) is 1.73. The van der Waals surface area contributed by atoms with E-state index in [1.54, 1.807) is 29.3 Å². The topological polar surface area (TPSA) is 55.0 Å². The summed E-state index contributed by atoms with van der Waals surface area (Å²) in [6.07, 6.45) is 1.59. The van der Waals surface area contributed by atoms with Crippen molar-refractivity contribution < 1.29 is 4.39 Å². The van der Waals surface area contributed by atoms with Gasteiger partial charge in [-0.3, -0.25) is 0 Å². The van der Waals surface area contributed by atoms with E-state index in [0.29, 0.717) is 17.3 Å². The van der Waals surface area contributed by atoms with Crippen molar-refractivity contribution in [1.82, 2.24) is 9.97 Å². The molecule has 1 unspecified atom stereocenters. The maximum atomic E-state index is 13.7. The molecule has 0 radical (unpaired) electrons. The van der Waals surface area contributed by atoms with Crippen LogP contribution in [0.1, 0.15) is 18.5 Å². The Hall–Kier alpha value is -2.17. The van der Waals surface area contributed by atoms with Crippen LogP contribution in [0.25, 0.3) is 0 Å². The second-order valence-electron chi connectivity index (χ2n) is 4.09. The van der Waals surface area contributed by atoms with Crippen molar-refractivity contribution in [1.29, 1.82) is 0 Å². The summed E-state index contributed by atoms with van der Waals surface area (Å²) >= 11 is 0. The van der Waals surface area contributed by atoms with Crippen LogP contribution in [-0.2, 0) is 0 Å². The van der Waals surface area contributed by atoms with Gasteiger partial charge in [0.2, 0.25) is 5.95 Å². The van der Waals surface area contributed by atoms with Gasteiger partial charge >= 0.3 is 0 Å². The first-order valence-electron chi connectivity index (χ1n) is 5.65. The molecular weight excluding hydrogens is 231 g/mol. The molecule has 2 rings (SSSR count). The number of hydrogen-bond acceptors (Lipinski definition) is 4. The van der Waals surface area contributed by atoms with Crippen LogP contribution in [0, 0.1) is 5.82 Å². The average Bonchev–Trinajstić information content (AvgIpc) is 2.37. The Balaban J connectivity index is 2.29. The van der Waals surface area contributed by atoms with E-state index in [9.17, 15) is 4.39 Å². The van der Waals surface area contributed by atoms with Gasteiger partial charge in [-0.15, -0.1) is 0 Å². The first kappa shape index (κ1) is 12.3. The first-order valence-corrected chi connectivity index (χ1v) is 5.65. The van der Waals surface area contributed by atoms with Gasteiger partial charge in [-0.2, -0.15) is 4.98 Å². The highest BCUT2D eigenvalue weighted by molar-refractivity contribution is 5.40. The van der Waals surface area contributed by atoms with Crippen LogP contribution in [0.2, 0.25) is 0 Å². The Bertz CT molecular complexity index is 544. The molecule has 1 atom stereocenters. The SMILES string of the molecule is CC(c1ccccc1F)N(C)c1nccc(N)n1. The van der Waals surface area contributed by atoms with Crippen molar-refractivity contribution in [3.05, 3.63) is 47.9 Å². The number of nitrogens with two attached hydrogens (primary N) is 1. The standard InChI is InChI=1S/C13H15FN4/c1-9(10-5-3-4-6-11(10)14)18(2)13-16-8-7-12(15)17-13/h3-9H,1-2H3,(H2,15,16,17). The fourth-order valence-electron chi connectivity index (χ4n) is 1.73. The number of rotatable bonds is 3. The smallest absolute Gasteiger partial charge is 0.227 e. The third-order valence-electron chi connectivity index (χ3n) is 2.92. The van der Waals surface area contributed by atoms with E-state index in [-0.39, 0.29) is 11.9 Å². The number of nitrogens with zero attached hydrogens (tertiary/aromatic N) is 3. The largest absolute Gasteiger partial charge is 0.384 e. The number of hydrogen-bond donors (Lipinski definition) is 1. The van der Waals surface area contributed by atoms with Crippen LogP contribution in [0.15, 0.2) is 36.5 Å². The lowest BCUT2D eigenvalue weighted by molar-refractivity contribution is 0.582. The minimum absolute atomic E-state index is 0.173. The first-order chi connectivity index (χ1) is 8.59. The van der Waals surface area contributed by atoms with E-state index in [1.807, 2.05) is 20.0 Å². The molecule has 1 heterocycles. The number of anilines is 2. The molecule has 0 aliphatic rings. The van der Waals surface area contributed by atoms with Gasteiger partial charge in [0.1, 0.15) is 11.6 Å². The minimum Gasteiger partial charge on any atom is -0.384 e. The molecule has 4 nitrogen and oxygen atoms in total. The summed E-state index contributed by atoms with van der Waals surface area (Å²) in [7, 11) is 1.81. The molecule has 1 aromatic heterocycles. The van der Waals surface area contributed by atoms with Gasteiger partial charge < -0.3 is 10.6 Å². The molecule has 94 valence electrons. The van der Waals surface area contributed by atoms with Crippen molar-refractivity contribution in [2.75, 3.05) is 17.7 Å². The van der Waals surface area contributed by atoms with Gasteiger partial charge in [0.25, 0.3) is 0 Å². The lowest BCUT2D eigenvalue weighted by Crippen LogP contribution is -2.24. The monoisotopic (exact) mass is 246 g/mol. The lowest BCUT2D eigenvalue weighted by Gasteiger charge is -2.25. The molecule has 0 aliphatic heterocycles. The molecule has 0 bridgehead atoms. The lowest BCUT2D eigenvalue weighted by atomic mass is 10.1. The van der Waals surface area contributed by atoms with Crippen molar-refractivity contribution in [3.63, 3.8) is 0 Å². The number of nitrogen functional groups attached to an aromatic ring is 1. The third kappa shape index (κ3) is 2.40. The number of aromatic nitrogens is 2. The molecule has 1 aromatic carbocycles. The van der Waals surface area contributed by atoms with E-state index in [2.05, 4.69) is 9.97 Å². The van der Waals surface area contributed by atoms with Gasteiger partial charge in [-0.05, 0) is 19.1 Å². The van der Waals surface area contributed by atoms with Crippen molar-refractivity contribution in [2.24, 2.45) is 0 Å². The Morgan fingerprint density at radius 3 is 2.67 bits per heavy atom. The normalized spacial score (nSPS) is 12.2. The molecule has 2 N–H and O–H groups in total. The molecule has 0 amide bonds. The predicted octanol–water partition coefficient (Wildman–Crippen LogP) is 2.40. The summed E-state index contributed by atoms with van der Waals surface area (Å²) in [5, 5.41) is 0. The summed E-state index contributed by atoms with van der Waals surface area (Å²) in [6.45, 7) is 1.89. The highest BCUT2D eigenvalue weighted by Crippen LogP contribution is 2.24. The number of benzene rings is 1. The summed E-state index contributed by atoms with van der Waals surface area (Å²) < 4.78 is 13.7. The molecule has 0 saturated carbocycles. The zero-order valence-corrected chi connectivity index (χ0v) is 10.3. The molecule has 18 heavy (non-hydrogen) atoms. The maximum Gasteiger partial charge on any atom is 0.227 e. The highest BCUT2D eigenvalue weighted by Gasteiger charge is 2.17. The van der Waals surface area contributed by atoms with E-state index in [4.69, 9.17) is 5.73 Å². The van der Waals surface area contributed by atoms with Gasteiger partial charge in [0.05, 0.1) is 6.04 Å². The van der Waals surface area contributed by atoms with Crippen molar-refractivity contribution >= 4 is 11.8 Å². The fraction of sp³-hybridized carbons (Fsp3) is 0.231. The van der Waals surface area contributed by atoms with Crippen LogP contribution in [-0.4, -0.2) is 17.0 Å². The minimum atomic E-state index is -0.235. The molecule has 0 saturated heterocycles. The van der Waals surface area contributed by atoms with Crippen LogP contribution in [0.4, 0.5) is 16.2 Å². The van der Waals surface area contributed by atoms with Gasteiger partial charge in [0, 0.05) is 18.8 Å². The Kier molecular flexibility index (Phi) is 3.41. The highest BCUT2D eigenvalue weighted by atomic mass is 19.1.